The van der Waals surface area contributed by atoms with Gasteiger partial charge in [-0.1, -0.05) is 22.0 Å². The van der Waals surface area contributed by atoms with Crippen molar-refractivity contribution in [3.63, 3.8) is 0 Å². The molecule has 1 aromatic carbocycles. The van der Waals surface area contributed by atoms with E-state index in [0.717, 1.165) is 4.90 Å². The molecule has 0 aliphatic carbocycles. The maximum absolute atomic E-state index is 14.3. The minimum atomic E-state index is -3.10. The third kappa shape index (κ3) is 6.30. The van der Waals surface area contributed by atoms with Crippen molar-refractivity contribution in [3.05, 3.63) is 62.1 Å². The Kier molecular flexibility index (Phi) is 8.19. The Morgan fingerprint density at radius 2 is 2.16 bits per heavy atom. The van der Waals surface area contributed by atoms with Gasteiger partial charge in [0.15, 0.2) is 16.6 Å². The zero-order valence-corrected chi connectivity index (χ0v) is 21.8. The SMILES string of the molecule is CCOC(=O)OC1=C(CN2CC(F)(F)CC[C@H]2C(=O)O)NC(c2nccs2)=N[C@@H]1c1ccc(F)cc1Br. The molecular formula is C23H22BrF3N4O5S. The van der Waals surface area contributed by atoms with Gasteiger partial charge in [-0.05, 0) is 31.0 Å². The van der Waals surface area contributed by atoms with Crippen LogP contribution in [0.3, 0.4) is 0 Å². The van der Waals surface area contributed by atoms with E-state index in [1.807, 2.05) is 0 Å². The average molecular weight is 603 g/mol. The van der Waals surface area contributed by atoms with Gasteiger partial charge in [0.05, 0.1) is 18.8 Å². The van der Waals surface area contributed by atoms with Crippen LogP contribution in [0, 0.1) is 5.82 Å². The third-order valence-electron chi connectivity index (χ3n) is 5.73. The standard InChI is InChI=1S/C23H22BrF3N4O5S/c1-2-35-22(34)36-18-15(10-31-11-23(26,27)6-5-16(31)21(32)33)29-19(20-28-7-8-37-20)30-17(18)13-4-3-12(25)9-14(13)24/h3-4,7-9,16-17H,2,5-6,10-11H2,1H3,(H,29,30)(H,32,33)/t16-,17+/m0/s1. The number of halogens is 4. The third-order valence-corrected chi connectivity index (χ3v) is 7.19. The monoisotopic (exact) mass is 602 g/mol. The van der Waals surface area contributed by atoms with E-state index in [0.29, 0.717) is 15.0 Å². The summed E-state index contributed by atoms with van der Waals surface area (Å²) in [6.07, 6.45) is -0.334. The number of nitrogens with zero attached hydrogens (tertiary/aromatic N) is 3. The molecule has 14 heteroatoms. The molecule has 2 aliphatic heterocycles. The number of carboxylic acid groups (broad SMARTS) is 1. The number of carbonyl (C=O) groups excluding carboxylic acids is 1. The molecule has 3 heterocycles. The van der Waals surface area contributed by atoms with Crippen molar-refractivity contribution in [2.45, 2.75) is 37.8 Å². The van der Waals surface area contributed by atoms with Crippen LogP contribution in [0.4, 0.5) is 18.0 Å². The van der Waals surface area contributed by atoms with Crippen molar-refractivity contribution in [2.24, 2.45) is 4.99 Å². The summed E-state index contributed by atoms with van der Waals surface area (Å²) in [6, 6.07) is 1.63. The molecule has 2 aromatic rings. The quantitative estimate of drug-likeness (QED) is 0.438. The molecule has 2 N–H and O–H groups in total. The smallest absolute Gasteiger partial charge is 0.480 e. The number of piperidine rings is 1. The lowest BCUT2D eigenvalue weighted by atomic mass is 9.97. The van der Waals surface area contributed by atoms with E-state index in [9.17, 15) is 27.9 Å². The molecule has 0 amide bonds. The van der Waals surface area contributed by atoms with E-state index in [-0.39, 0.29) is 36.9 Å². The largest absolute Gasteiger partial charge is 0.513 e. The number of amidine groups is 1. The van der Waals surface area contributed by atoms with Crippen LogP contribution in [0.1, 0.15) is 36.4 Å². The van der Waals surface area contributed by atoms with Gasteiger partial charge >= 0.3 is 12.1 Å². The van der Waals surface area contributed by atoms with Gasteiger partial charge in [-0.15, -0.1) is 11.3 Å². The number of hydrogen-bond acceptors (Lipinski definition) is 9. The first-order chi connectivity index (χ1) is 17.6. The Hall–Kier alpha value is -2.97. The molecule has 0 radical (unpaired) electrons. The molecule has 37 heavy (non-hydrogen) atoms. The number of aliphatic imine (C=N–C) groups is 1. The van der Waals surface area contributed by atoms with Gasteiger partial charge in [-0.2, -0.15) is 0 Å². The minimum absolute atomic E-state index is 0.00680. The second-order valence-electron chi connectivity index (χ2n) is 8.29. The van der Waals surface area contributed by atoms with E-state index in [2.05, 4.69) is 31.2 Å². The van der Waals surface area contributed by atoms with Crippen LogP contribution in [0.5, 0.6) is 0 Å². The Balaban J connectivity index is 1.83. The first-order valence-electron chi connectivity index (χ1n) is 11.2. The molecule has 0 spiro atoms. The number of carbonyl (C=O) groups is 2. The molecular weight excluding hydrogens is 581 g/mol. The van der Waals surface area contributed by atoms with Crippen LogP contribution in [-0.4, -0.2) is 64.6 Å². The number of thiazole rings is 1. The fourth-order valence-corrected chi connectivity index (χ4v) is 5.27. The van der Waals surface area contributed by atoms with Crippen molar-refractivity contribution in [1.29, 1.82) is 0 Å². The van der Waals surface area contributed by atoms with E-state index in [1.54, 1.807) is 18.5 Å². The highest BCUT2D eigenvalue weighted by Crippen LogP contribution is 2.38. The fourth-order valence-electron chi connectivity index (χ4n) is 4.11. The number of likely N-dealkylation sites (tertiary alicyclic amines) is 1. The number of hydrogen-bond donors (Lipinski definition) is 2. The molecule has 0 unspecified atom stereocenters. The van der Waals surface area contributed by atoms with E-state index in [4.69, 9.17) is 9.47 Å². The molecule has 2 aliphatic rings. The van der Waals surface area contributed by atoms with Gasteiger partial charge in [0, 0.05) is 29.0 Å². The summed E-state index contributed by atoms with van der Waals surface area (Å²) in [5, 5.41) is 14.8. The van der Waals surface area contributed by atoms with E-state index < -0.39 is 48.9 Å². The number of rotatable bonds is 7. The van der Waals surface area contributed by atoms with Crippen molar-refractivity contribution < 1.29 is 37.3 Å². The van der Waals surface area contributed by atoms with Crippen LogP contribution in [0.15, 0.2) is 50.7 Å². The fraction of sp³-hybridized carbons (Fsp3) is 0.391. The number of carboxylic acids is 1. The van der Waals surface area contributed by atoms with Crippen LogP contribution in [-0.2, 0) is 14.3 Å². The maximum Gasteiger partial charge on any atom is 0.513 e. The predicted octanol–water partition coefficient (Wildman–Crippen LogP) is 4.70. The van der Waals surface area contributed by atoms with Gasteiger partial charge in [-0.25, -0.2) is 27.9 Å². The summed E-state index contributed by atoms with van der Waals surface area (Å²) in [6.45, 7) is 0.444. The Bertz CT molecular complexity index is 1240. The Morgan fingerprint density at radius 1 is 1.38 bits per heavy atom. The lowest BCUT2D eigenvalue weighted by molar-refractivity contribution is -0.151. The van der Waals surface area contributed by atoms with Gasteiger partial charge < -0.3 is 19.9 Å². The van der Waals surface area contributed by atoms with Crippen LogP contribution < -0.4 is 5.32 Å². The van der Waals surface area contributed by atoms with Crippen LogP contribution in [0.25, 0.3) is 0 Å². The molecule has 0 saturated carbocycles. The average Bonchev–Trinajstić information content (AvgIpc) is 3.35. The number of alkyl halides is 2. The minimum Gasteiger partial charge on any atom is -0.480 e. The van der Waals surface area contributed by atoms with Crippen molar-refractivity contribution >= 4 is 45.2 Å². The van der Waals surface area contributed by atoms with Gasteiger partial charge in [-0.3, -0.25) is 9.69 Å². The summed E-state index contributed by atoms with van der Waals surface area (Å²) < 4.78 is 53.3. The molecule has 1 fully saturated rings. The molecule has 1 saturated heterocycles. The zero-order valence-electron chi connectivity index (χ0n) is 19.4. The normalized spacial score (nSPS) is 21.7. The van der Waals surface area contributed by atoms with Crippen LogP contribution in [0.2, 0.25) is 0 Å². The first-order valence-corrected chi connectivity index (χ1v) is 12.9. The lowest BCUT2D eigenvalue weighted by Crippen LogP contribution is -2.54. The summed E-state index contributed by atoms with van der Waals surface area (Å²) in [7, 11) is 0. The van der Waals surface area contributed by atoms with Gasteiger partial charge in [0.1, 0.15) is 17.9 Å². The van der Waals surface area contributed by atoms with Crippen molar-refractivity contribution in [1.82, 2.24) is 15.2 Å². The Labute approximate surface area is 222 Å². The highest BCUT2D eigenvalue weighted by Gasteiger charge is 2.44. The van der Waals surface area contributed by atoms with Gasteiger partial charge in [0.25, 0.3) is 5.92 Å². The second kappa shape index (κ2) is 11.2. The van der Waals surface area contributed by atoms with E-state index >= 15 is 0 Å². The number of benzene rings is 1. The summed E-state index contributed by atoms with van der Waals surface area (Å²) in [5.41, 5.74) is 0.533. The van der Waals surface area contributed by atoms with Crippen LogP contribution >= 0.6 is 27.3 Å². The number of aliphatic carboxylic acids is 1. The second-order valence-corrected chi connectivity index (χ2v) is 10.0. The lowest BCUT2D eigenvalue weighted by Gasteiger charge is -2.38. The number of nitrogens with one attached hydrogen (secondary N) is 1. The summed E-state index contributed by atoms with van der Waals surface area (Å²) in [4.78, 5) is 34.2. The number of ether oxygens (including phenoxy) is 2. The first kappa shape index (κ1) is 27.1. The molecule has 1 aromatic heterocycles. The topological polar surface area (TPSA) is 113 Å². The maximum atomic E-state index is 14.3. The zero-order chi connectivity index (χ0) is 26.7. The molecule has 0 bridgehead atoms. The van der Waals surface area contributed by atoms with E-state index in [1.165, 1.54) is 29.5 Å². The van der Waals surface area contributed by atoms with Crippen molar-refractivity contribution in [2.75, 3.05) is 19.7 Å². The highest BCUT2D eigenvalue weighted by molar-refractivity contribution is 9.10. The van der Waals surface area contributed by atoms with Gasteiger partial charge in [0.2, 0.25) is 0 Å². The summed E-state index contributed by atoms with van der Waals surface area (Å²) >= 11 is 4.56. The Morgan fingerprint density at radius 3 is 2.81 bits per heavy atom. The molecule has 9 nitrogen and oxygen atoms in total. The van der Waals surface area contributed by atoms with Crippen molar-refractivity contribution in [3.8, 4) is 0 Å². The molecule has 198 valence electrons. The summed E-state index contributed by atoms with van der Waals surface area (Å²) in [5.74, 6) is -4.71. The predicted molar refractivity (Wildman–Crippen MR) is 131 cm³/mol. The molecule has 2 atom stereocenters. The molecule has 4 rings (SSSR count). The highest BCUT2D eigenvalue weighted by atomic mass is 79.9. The number of aromatic nitrogens is 1.